The topological polar surface area (TPSA) is 93.7 Å². The van der Waals surface area contributed by atoms with Gasteiger partial charge in [0, 0.05) is 15.8 Å². The number of nitrogens with one attached hydrogen (secondary N) is 2. The van der Waals surface area contributed by atoms with Crippen LogP contribution in [0.25, 0.3) is 0 Å². The molecule has 2 N–H and O–H groups in total. The van der Waals surface area contributed by atoms with Crippen molar-refractivity contribution in [2.75, 3.05) is 31.4 Å². The highest BCUT2D eigenvalue weighted by atomic mass is 79.9. The summed E-state index contributed by atoms with van der Waals surface area (Å²) in [5.41, 5.74) is 2.38. The Balaban J connectivity index is 2.12. The maximum atomic E-state index is 12.2. The Kier molecular flexibility index (Phi) is 6.95. The third-order valence-electron chi connectivity index (χ3n) is 3.69. The van der Waals surface area contributed by atoms with E-state index in [1.54, 1.807) is 6.07 Å². The van der Waals surface area contributed by atoms with E-state index < -0.39 is 11.9 Å². The van der Waals surface area contributed by atoms with Crippen molar-refractivity contribution in [3.63, 3.8) is 0 Å². The van der Waals surface area contributed by atoms with E-state index in [1.165, 1.54) is 32.4 Å². The molecule has 2 rings (SSSR count). The SMILES string of the molecule is COC(=O)c1cc(NCC(=O)Nc2ccc(Br)cc2C)cc(C(=O)OC)c1. The Hall–Kier alpha value is -2.87. The van der Waals surface area contributed by atoms with Crippen LogP contribution >= 0.6 is 15.9 Å². The van der Waals surface area contributed by atoms with Gasteiger partial charge in [0.25, 0.3) is 0 Å². The lowest BCUT2D eigenvalue weighted by Gasteiger charge is -2.12. The summed E-state index contributed by atoms with van der Waals surface area (Å²) in [6.07, 6.45) is 0. The smallest absolute Gasteiger partial charge is 0.337 e. The first-order chi connectivity index (χ1) is 12.8. The van der Waals surface area contributed by atoms with Gasteiger partial charge in [-0.1, -0.05) is 15.9 Å². The number of anilines is 2. The van der Waals surface area contributed by atoms with Gasteiger partial charge in [-0.15, -0.1) is 0 Å². The zero-order valence-corrected chi connectivity index (χ0v) is 16.7. The predicted molar refractivity (Wildman–Crippen MR) is 105 cm³/mol. The molecule has 2 aromatic rings. The minimum absolute atomic E-state index is 0.0548. The van der Waals surface area contributed by atoms with E-state index in [2.05, 4.69) is 36.0 Å². The largest absolute Gasteiger partial charge is 0.465 e. The highest BCUT2D eigenvalue weighted by Crippen LogP contribution is 2.20. The number of esters is 2. The number of amides is 1. The zero-order valence-electron chi connectivity index (χ0n) is 15.1. The summed E-state index contributed by atoms with van der Waals surface area (Å²) in [4.78, 5) is 35.8. The van der Waals surface area contributed by atoms with Crippen LogP contribution in [0.4, 0.5) is 11.4 Å². The van der Waals surface area contributed by atoms with E-state index >= 15 is 0 Å². The molecular formula is C19H19BrN2O5. The summed E-state index contributed by atoms with van der Waals surface area (Å²) in [7, 11) is 2.49. The van der Waals surface area contributed by atoms with Gasteiger partial charge in [0.05, 0.1) is 31.9 Å². The number of ether oxygens (including phenoxy) is 2. The molecule has 0 aliphatic heterocycles. The van der Waals surface area contributed by atoms with Gasteiger partial charge in [0.1, 0.15) is 0 Å². The van der Waals surface area contributed by atoms with Gasteiger partial charge in [-0.25, -0.2) is 9.59 Å². The predicted octanol–water partition coefficient (Wildman–Crippen LogP) is 3.38. The van der Waals surface area contributed by atoms with Crippen LogP contribution in [-0.4, -0.2) is 38.6 Å². The molecule has 0 saturated carbocycles. The molecule has 8 heteroatoms. The molecule has 0 aliphatic carbocycles. The Labute approximate surface area is 165 Å². The van der Waals surface area contributed by atoms with E-state index in [9.17, 15) is 14.4 Å². The van der Waals surface area contributed by atoms with Crippen LogP contribution in [0.2, 0.25) is 0 Å². The van der Waals surface area contributed by atoms with Crippen LogP contribution in [0.15, 0.2) is 40.9 Å². The molecule has 0 radical (unpaired) electrons. The number of hydrogen-bond donors (Lipinski definition) is 2. The van der Waals surface area contributed by atoms with Gasteiger partial charge in [-0.3, -0.25) is 4.79 Å². The van der Waals surface area contributed by atoms with E-state index in [0.29, 0.717) is 11.4 Å². The maximum absolute atomic E-state index is 12.2. The Morgan fingerprint density at radius 1 is 0.963 bits per heavy atom. The first-order valence-electron chi connectivity index (χ1n) is 7.95. The van der Waals surface area contributed by atoms with Gasteiger partial charge in [0.15, 0.2) is 0 Å². The van der Waals surface area contributed by atoms with Crippen molar-refractivity contribution in [1.82, 2.24) is 0 Å². The quantitative estimate of drug-likeness (QED) is 0.676. The summed E-state index contributed by atoms with van der Waals surface area (Å²) in [6.45, 7) is 1.83. The van der Waals surface area contributed by atoms with Crippen molar-refractivity contribution in [2.45, 2.75) is 6.92 Å². The second-order valence-corrected chi connectivity index (χ2v) is 6.56. The highest BCUT2D eigenvalue weighted by molar-refractivity contribution is 9.10. The average molecular weight is 435 g/mol. The molecule has 0 unspecified atom stereocenters. The third kappa shape index (κ3) is 5.55. The van der Waals surface area contributed by atoms with Crippen LogP contribution in [0.5, 0.6) is 0 Å². The lowest BCUT2D eigenvalue weighted by molar-refractivity contribution is -0.114. The molecule has 1 amide bonds. The number of rotatable bonds is 6. The fourth-order valence-corrected chi connectivity index (χ4v) is 2.82. The minimum Gasteiger partial charge on any atom is -0.465 e. The van der Waals surface area contributed by atoms with E-state index in [4.69, 9.17) is 0 Å². The van der Waals surface area contributed by atoms with Crippen LogP contribution in [0.3, 0.4) is 0 Å². The molecule has 0 heterocycles. The number of carbonyl (C=O) groups is 3. The minimum atomic E-state index is -0.598. The number of methoxy groups -OCH3 is 2. The standard InChI is InChI=1S/C19H19BrN2O5/c1-11-6-14(20)4-5-16(11)22-17(23)10-21-15-8-12(18(24)26-2)7-13(9-15)19(25)27-3/h4-9,21H,10H2,1-3H3,(H,22,23). The van der Waals surface area contributed by atoms with Gasteiger partial charge in [-0.2, -0.15) is 0 Å². The van der Waals surface area contributed by atoms with E-state index in [1.807, 2.05) is 19.1 Å². The summed E-state index contributed by atoms with van der Waals surface area (Å²) in [6, 6.07) is 9.88. The summed E-state index contributed by atoms with van der Waals surface area (Å²) < 4.78 is 10.3. The molecule has 0 saturated heterocycles. The van der Waals surface area contributed by atoms with E-state index in [-0.39, 0.29) is 23.6 Å². The molecule has 142 valence electrons. The summed E-state index contributed by atoms with van der Waals surface area (Å²) in [5, 5.41) is 5.70. The van der Waals surface area contributed by atoms with Crippen molar-refractivity contribution in [1.29, 1.82) is 0 Å². The van der Waals surface area contributed by atoms with Crippen molar-refractivity contribution >= 4 is 45.2 Å². The highest BCUT2D eigenvalue weighted by Gasteiger charge is 2.14. The van der Waals surface area contributed by atoms with Crippen molar-refractivity contribution in [3.05, 3.63) is 57.6 Å². The molecule has 0 aliphatic rings. The van der Waals surface area contributed by atoms with Gasteiger partial charge in [-0.05, 0) is 48.9 Å². The number of halogens is 1. The zero-order chi connectivity index (χ0) is 20.0. The van der Waals surface area contributed by atoms with E-state index in [0.717, 1.165) is 10.0 Å². The number of hydrogen-bond acceptors (Lipinski definition) is 6. The first-order valence-corrected chi connectivity index (χ1v) is 8.75. The molecule has 0 spiro atoms. The molecule has 0 bridgehead atoms. The van der Waals surface area contributed by atoms with Crippen LogP contribution in [0, 0.1) is 6.92 Å². The summed E-state index contributed by atoms with van der Waals surface area (Å²) >= 11 is 3.37. The second-order valence-electron chi connectivity index (χ2n) is 5.64. The fraction of sp³-hybridized carbons (Fsp3) is 0.211. The normalized spacial score (nSPS) is 10.1. The second kappa shape index (κ2) is 9.18. The maximum Gasteiger partial charge on any atom is 0.337 e. The Morgan fingerprint density at radius 2 is 1.56 bits per heavy atom. The van der Waals surface area contributed by atoms with Crippen LogP contribution < -0.4 is 10.6 Å². The third-order valence-corrected chi connectivity index (χ3v) is 4.18. The van der Waals surface area contributed by atoms with Gasteiger partial charge < -0.3 is 20.1 Å². The number of aryl methyl sites for hydroxylation is 1. The first kappa shape index (κ1) is 20.4. The summed E-state index contributed by atoms with van der Waals surface area (Å²) in [5.74, 6) is -1.47. The lowest BCUT2D eigenvalue weighted by Crippen LogP contribution is -2.22. The molecule has 7 nitrogen and oxygen atoms in total. The fourth-order valence-electron chi connectivity index (χ4n) is 2.35. The van der Waals surface area contributed by atoms with Crippen LogP contribution in [0.1, 0.15) is 26.3 Å². The van der Waals surface area contributed by atoms with Gasteiger partial charge in [0.2, 0.25) is 5.91 Å². The van der Waals surface area contributed by atoms with Gasteiger partial charge >= 0.3 is 11.9 Å². The lowest BCUT2D eigenvalue weighted by atomic mass is 10.1. The van der Waals surface area contributed by atoms with Crippen molar-refractivity contribution in [2.24, 2.45) is 0 Å². The Bertz CT molecular complexity index is 848. The number of carbonyl (C=O) groups excluding carboxylic acids is 3. The Morgan fingerprint density at radius 3 is 2.07 bits per heavy atom. The molecule has 0 aromatic heterocycles. The monoisotopic (exact) mass is 434 g/mol. The molecule has 27 heavy (non-hydrogen) atoms. The average Bonchev–Trinajstić information content (AvgIpc) is 2.67. The van der Waals surface area contributed by atoms with Crippen molar-refractivity contribution < 1.29 is 23.9 Å². The molecule has 2 aromatic carbocycles. The molecule has 0 atom stereocenters. The number of benzene rings is 2. The molecule has 0 fully saturated rings. The van der Waals surface area contributed by atoms with Crippen LogP contribution in [-0.2, 0) is 14.3 Å². The molecular weight excluding hydrogens is 416 g/mol. The van der Waals surface area contributed by atoms with Crippen molar-refractivity contribution in [3.8, 4) is 0 Å².